The maximum Gasteiger partial charge on any atom is 0.233 e. The molecule has 0 aliphatic carbocycles. The third-order valence-electron chi connectivity index (χ3n) is 4.12. The second-order valence-corrected chi connectivity index (χ2v) is 6.38. The summed E-state index contributed by atoms with van der Waals surface area (Å²) in [5.74, 6) is 1.35. The lowest BCUT2D eigenvalue weighted by molar-refractivity contribution is -0.120. The van der Waals surface area contributed by atoms with Crippen LogP contribution >= 0.6 is 11.6 Å². The zero-order chi connectivity index (χ0) is 18.9. The van der Waals surface area contributed by atoms with Gasteiger partial charge in [0.2, 0.25) is 5.91 Å². The Morgan fingerprint density at radius 3 is 2.42 bits per heavy atom. The van der Waals surface area contributed by atoms with Crippen molar-refractivity contribution in [3.05, 3.63) is 58.6 Å². The van der Waals surface area contributed by atoms with Crippen LogP contribution in [0.2, 0.25) is 5.02 Å². The molecule has 0 heterocycles. The van der Waals surface area contributed by atoms with Gasteiger partial charge in [0.25, 0.3) is 0 Å². The van der Waals surface area contributed by atoms with E-state index in [9.17, 15) is 4.79 Å². The molecule has 2 aromatic rings. The molecule has 5 nitrogen and oxygen atoms in total. The summed E-state index contributed by atoms with van der Waals surface area (Å²) in [6.07, 6.45) is 0.721. The minimum Gasteiger partial charge on any atom is -0.493 e. The molecule has 2 N–H and O–H groups in total. The van der Waals surface area contributed by atoms with Crippen molar-refractivity contribution in [3.63, 3.8) is 0 Å². The Hall–Kier alpha value is -2.24. The van der Waals surface area contributed by atoms with Gasteiger partial charge in [-0.15, -0.1) is 0 Å². The zero-order valence-electron chi connectivity index (χ0n) is 15.3. The van der Waals surface area contributed by atoms with Gasteiger partial charge in [-0.3, -0.25) is 4.79 Å². The molecule has 1 amide bonds. The lowest BCUT2D eigenvalue weighted by Crippen LogP contribution is -2.36. The average molecular weight is 377 g/mol. The van der Waals surface area contributed by atoms with Gasteiger partial charge in [0.15, 0.2) is 11.5 Å². The highest BCUT2D eigenvalue weighted by atomic mass is 35.5. The van der Waals surface area contributed by atoms with Crippen LogP contribution in [0.3, 0.4) is 0 Å². The average Bonchev–Trinajstić information content (AvgIpc) is 2.66. The van der Waals surface area contributed by atoms with Gasteiger partial charge in [0.05, 0.1) is 20.8 Å². The van der Waals surface area contributed by atoms with E-state index in [0.29, 0.717) is 23.1 Å². The number of rotatable bonds is 9. The number of amides is 1. The zero-order valence-corrected chi connectivity index (χ0v) is 16.1. The first-order valence-electron chi connectivity index (χ1n) is 8.50. The summed E-state index contributed by atoms with van der Waals surface area (Å²) in [6.45, 7) is 2.83. The van der Waals surface area contributed by atoms with E-state index in [0.717, 1.165) is 17.5 Å². The van der Waals surface area contributed by atoms with Crippen molar-refractivity contribution in [2.45, 2.75) is 19.4 Å². The molecule has 2 aromatic carbocycles. The quantitative estimate of drug-likeness (QED) is 0.704. The van der Waals surface area contributed by atoms with Crippen LogP contribution in [0, 0.1) is 0 Å². The summed E-state index contributed by atoms with van der Waals surface area (Å²) in [6, 6.07) is 13.4. The van der Waals surface area contributed by atoms with Gasteiger partial charge < -0.3 is 20.1 Å². The first-order valence-corrected chi connectivity index (χ1v) is 8.87. The van der Waals surface area contributed by atoms with Gasteiger partial charge in [-0.2, -0.15) is 0 Å². The van der Waals surface area contributed by atoms with Crippen LogP contribution in [0.4, 0.5) is 0 Å². The number of hydrogen-bond acceptors (Lipinski definition) is 4. The fourth-order valence-corrected chi connectivity index (χ4v) is 2.69. The summed E-state index contributed by atoms with van der Waals surface area (Å²) >= 11 is 5.89. The third-order valence-corrected chi connectivity index (χ3v) is 4.37. The van der Waals surface area contributed by atoms with Gasteiger partial charge in [-0.1, -0.05) is 29.8 Å². The highest BCUT2D eigenvalue weighted by Crippen LogP contribution is 2.27. The first-order chi connectivity index (χ1) is 12.5. The number of carbonyl (C=O) groups is 1. The van der Waals surface area contributed by atoms with E-state index >= 15 is 0 Å². The molecule has 0 radical (unpaired) electrons. The minimum absolute atomic E-state index is 0.0358. The lowest BCUT2D eigenvalue weighted by atomic mass is 10.1. The summed E-state index contributed by atoms with van der Waals surface area (Å²) in [7, 11) is 3.21. The predicted molar refractivity (Wildman–Crippen MR) is 104 cm³/mol. The molecule has 0 saturated carbocycles. The van der Waals surface area contributed by atoms with Crippen molar-refractivity contribution in [2.75, 3.05) is 27.3 Å². The number of carbonyl (C=O) groups excluding carboxylic acids is 1. The molecule has 0 fully saturated rings. The van der Waals surface area contributed by atoms with Gasteiger partial charge in [-0.05, 0) is 48.7 Å². The van der Waals surface area contributed by atoms with E-state index in [2.05, 4.69) is 10.6 Å². The molecule has 0 saturated heterocycles. The van der Waals surface area contributed by atoms with E-state index in [-0.39, 0.29) is 18.5 Å². The van der Waals surface area contributed by atoms with E-state index < -0.39 is 0 Å². The molecule has 0 aromatic heterocycles. The summed E-state index contributed by atoms with van der Waals surface area (Å²) in [5, 5.41) is 6.83. The van der Waals surface area contributed by atoms with Crippen molar-refractivity contribution >= 4 is 17.5 Å². The second kappa shape index (κ2) is 10.0. The summed E-state index contributed by atoms with van der Waals surface area (Å²) < 4.78 is 10.5. The molecule has 0 aliphatic rings. The van der Waals surface area contributed by atoms with Crippen molar-refractivity contribution in [1.29, 1.82) is 0 Å². The molecule has 6 heteroatoms. The molecule has 0 bridgehead atoms. The van der Waals surface area contributed by atoms with Gasteiger partial charge in [0.1, 0.15) is 0 Å². The monoisotopic (exact) mass is 376 g/mol. The molecule has 0 unspecified atom stereocenters. The van der Waals surface area contributed by atoms with Crippen molar-refractivity contribution in [1.82, 2.24) is 10.6 Å². The Morgan fingerprint density at radius 2 is 1.77 bits per heavy atom. The third kappa shape index (κ3) is 5.93. The Kier molecular flexibility index (Phi) is 7.75. The Labute approximate surface area is 159 Å². The van der Waals surface area contributed by atoms with Crippen LogP contribution in [-0.4, -0.2) is 33.2 Å². The Balaban J connectivity index is 1.74. The van der Waals surface area contributed by atoms with Crippen LogP contribution in [0.25, 0.3) is 0 Å². The van der Waals surface area contributed by atoms with E-state index in [1.807, 2.05) is 49.4 Å². The van der Waals surface area contributed by atoms with E-state index in [1.165, 1.54) is 0 Å². The molecule has 1 atom stereocenters. The SMILES string of the molecule is COc1ccc(CCNC(=O)CN[C@@H](C)c2ccc(Cl)cc2)cc1OC. The molecular formula is C20H25ClN2O3. The number of nitrogens with one attached hydrogen (secondary N) is 2. The van der Waals surface area contributed by atoms with Crippen LogP contribution in [0.1, 0.15) is 24.1 Å². The van der Waals surface area contributed by atoms with Crippen LogP contribution in [0.15, 0.2) is 42.5 Å². The largest absolute Gasteiger partial charge is 0.493 e. The van der Waals surface area contributed by atoms with E-state index in [1.54, 1.807) is 14.2 Å². The van der Waals surface area contributed by atoms with Crippen LogP contribution in [0.5, 0.6) is 11.5 Å². The number of ether oxygens (including phenoxy) is 2. The number of hydrogen-bond donors (Lipinski definition) is 2. The summed E-state index contributed by atoms with van der Waals surface area (Å²) in [4.78, 5) is 12.0. The lowest BCUT2D eigenvalue weighted by Gasteiger charge is -2.14. The first kappa shape index (κ1) is 20.1. The van der Waals surface area contributed by atoms with E-state index in [4.69, 9.17) is 21.1 Å². The highest BCUT2D eigenvalue weighted by Gasteiger charge is 2.08. The highest BCUT2D eigenvalue weighted by molar-refractivity contribution is 6.30. The predicted octanol–water partition coefficient (Wildman–Crippen LogP) is 3.37. The maximum absolute atomic E-state index is 12.0. The Bertz CT molecular complexity index is 719. The maximum atomic E-state index is 12.0. The fraction of sp³-hybridized carbons (Fsp3) is 0.350. The van der Waals surface area contributed by atoms with Crippen molar-refractivity contribution < 1.29 is 14.3 Å². The second-order valence-electron chi connectivity index (χ2n) is 5.94. The molecule has 0 spiro atoms. The molecule has 26 heavy (non-hydrogen) atoms. The molecule has 140 valence electrons. The van der Waals surface area contributed by atoms with Crippen LogP contribution < -0.4 is 20.1 Å². The number of halogens is 1. The standard InChI is InChI=1S/C20H25ClN2O3/c1-14(16-5-7-17(21)8-6-16)23-13-20(24)22-11-10-15-4-9-18(25-2)19(12-15)26-3/h4-9,12,14,23H,10-11,13H2,1-3H3,(H,22,24)/t14-/m0/s1. The molecule has 0 aliphatic heterocycles. The van der Waals surface area contributed by atoms with Gasteiger partial charge >= 0.3 is 0 Å². The normalized spacial score (nSPS) is 11.7. The fourth-order valence-electron chi connectivity index (χ4n) is 2.56. The number of benzene rings is 2. The number of methoxy groups -OCH3 is 2. The van der Waals surface area contributed by atoms with Gasteiger partial charge in [-0.25, -0.2) is 0 Å². The van der Waals surface area contributed by atoms with Crippen LogP contribution in [-0.2, 0) is 11.2 Å². The molecule has 2 rings (SSSR count). The van der Waals surface area contributed by atoms with Gasteiger partial charge in [0, 0.05) is 17.6 Å². The minimum atomic E-state index is -0.0358. The molecular weight excluding hydrogens is 352 g/mol. The Morgan fingerprint density at radius 1 is 1.08 bits per heavy atom. The topological polar surface area (TPSA) is 59.6 Å². The summed E-state index contributed by atoms with van der Waals surface area (Å²) in [5.41, 5.74) is 2.16. The van der Waals surface area contributed by atoms with Crippen molar-refractivity contribution in [3.8, 4) is 11.5 Å². The van der Waals surface area contributed by atoms with Crippen molar-refractivity contribution in [2.24, 2.45) is 0 Å². The smallest absolute Gasteiger partial charge is 0.233 e.